The lowest BCUT2D eigenvalue weighted by molar-refractivity contribution is -0.136. The predicted octanol–water partition coefficient (Wildman–Crippen LogP) is 4.93. The van der Waals surface area contributed by atoms with Crippen molar-refractivity contribution >= 4 is 39.5 Å². The smallest absolute Gasteiger partial charge is 0.307 e. The van der Waals surface area contributed by atoms with Gasteiger partial charge in [-0.05, 0) is 41.5 Å². The maximum atomic E-state index is 13.4. The first-order valence-electron chi connectivity index (χ1n) is 12.4. The van der Waals surface area contributed by atoms with E-state index < -0.39 is 17.0 Å². The molecule has 1 saturated heterocycles. The molecular weight excluding hydrogens is 522 g/mol. The molecule has 38 heavy (non-hydrogen) atoms. The largest absolute Gasteiger partial charge is 0.489 e. The summed E-state index contributed by atoms with van der Waals surface area (Å²) >= 11 is 5.99. The summed E-state index contributed by atoms with van der Waals surface area (Å²) in [6, 6.07) is 22.7. The van der Waals surface area contributed by atoms with Crippen molar-refractivity contribution in [2.24, 2.45) is 0 Å². The molecule has 1 aliphatic rings. The zero-order chi connectivity index (χ0) is 26.5. The van der Waals surface area contributed by atoms with Crippen LogP contribution in [0.2, 0.25) is 5.02 Å². The molecule has 0 aliphatic carbocycles. The summed E-state index contributed by atoms with van der Waals surface area (Å²) < 4.78 is 21.5. The van der Waals surface area contributed by atoms with Gasteiger partial charge in [0.15, 0.2) is 0 Å². The van der Waals surface area contributed by atoms with Crippen LogP contribution in [0.4, 0.5) is 0 Å². The van der Waals surface area contributed by atoms with Crippen LogP contribution in [0.15, 0.2) is 83.9 Å². The molecule has 0 amide bonds. The number of carbonyl (C=O) groups is 1. The molecule has 9 heteroatoms. The molecule has 1 unspecified atom stereocenters. The van der Waals surface area contributed by atoms with Crippen LogP contribution in [-0.4, -0.2) is 55.7 Å². The van der Waals surface area contributed by atoms with E-state index in [2.05, 4.69) is 9.88 Å². The van der Waals surface area contributed by atoms with E-state index in [0.29, 0.717) is 31.3 Å². The fourth-order valence-corrected chi connectivity index (χ4v) is 6.00. The highest BCUT2D eigenvalue weighted by atomic mass is 35.5. The van der Waals surface area contributed by atoms with Gasteiger partial charge in [0.05, 0.1) is 16.8 Å². The maximum absolute atomic E-state index is 13.4. The fraction of sp³-hybridized carbons (Fsp3) is 0.241. The monoisotopic (exact) mass is 549 g/mol. The molecule has 1 aromatic heterocycles. The molecular formula is C29H28ClN3O4S. The van der Waals surface area contributed by atoms with Gasteiger partial charge in [-0.2, -0.15) is 0 Å². The van der Waals surface area contributed by atoms with Crippen molar-refractivity contribution in [3.8, 4) is 5.75 Å². The van der Waals surface area contributed by atoms with Crippen LogP contribution in [0.5, 0.6) is 5.75 Å². The van der Waals surface area contributed by atoms with Gasteiger partial charge in [-0.1, -0.05) is 54.1 Å². The van der Waals surface area contributed by atoms with Gasteiger partial charge < -0.3 is 9.84 Å². The number of hydrogen-bond acceptors (Lipinski definition) is 5. The van der Waals surface area contributed by atoms with E-state index in [1.807, 2.05) is 71.0 Å². The standard InChI is InChI=1S/C29H28ClN3O4S/c30-25-9-6-21(7-10-25)20-37-26-11-8-22(18-28(34)35)17-24(26)19-32-13-15-33(16-14-32)38(36)27-5-1-3-23-4-2-12-31-29(23)27/h1-12,17H,13-16,18-20H2,(H,34,35). The molecule has 5 rings (SSSR count). The summed E-state index contributed by atoms with van der Waals surface area (Å²) in [5.74, 6) is -0.147. The number of aliphatic carboxylic acids is 1. The van der Waals surface area contributed by atoms with Gasteiger partial charge in [-0.15, -0.1) is 0 Å². The van der Waals surface area contributed by atoms with E-state index in [-0.39, 0.29) is 6.42 Å². The van der Waals surface area contributed by atoms with E-state index in [0.717, 1.165) is 51.3 Å². The first-order chi connectivity index (χ1) is 18.5. The molecule has 0 saturated carbocycles. The minimum Gasteiger partial charge on any atom is -0.489 e. The van der Waals surface area contributed by atoms with Crippen LogP contribution in [-0.2, 0) is 35.4 Å². The number of pyridine rings is 1. The molecule has 0 bridgehead atoms. The number of halogens is 1. The van der Waals surface area contributed by atoms with Crippen molar-refractivity contribution < 1.29 is 18.8 Å². The van der Waals surface area contributed by atoms with Crippen molar-refractivity contribution in [2.75, 3.05) is 26.2 Å². The predicted molar refractivity (Wildman–Crippen MR) is 149 cm³/mol. The zero-order valence-corrected chi connectivity index (χ0v) is 22.3. The SMILES string of the molecule is O=C(O)Cc1ccc(OCc2ccc(Cl)cc2)c(CN2CCN(S(=O)c3cccc4cccnc34)CC2)c1. The third-order valence-corrected chi connectivity index (χ3v) is 8.32. The Morgan fingerprint density at radius 1 is 0.974 bits per heavy atom. The molecule has 1 fully saturated rings. The van der Waals surface area contributed by atoms with Crippen molar-refractivity contribution in [3.05, 3.63) is 101 Å². The normalized spacial score (nSPS) is 15.4. The number of benzene rings is 3. The minimum absolute atomic E-state index is 0.0453. The lowest BCUT2D eigenvalue weighted by atomic mass is 10.1. The Balaban J connectivity index is 1.26. The van der Waals surface area contributed by atoms with Gasteiger partial charge in [0.25, 0.3) is 0 Å². The van der Waals surface area contributed by atoms with Crippen molar-refractivity contribution in [3.63, 3.8) is 0 Å². The first kappa shape index (κ1) is 26.3. The number of piperazine rings is 1. The quantitative estimate of drug-likeness (QED) is 0.318. The van der Waals surface area contributed by atoms with Crippen LogP contribution in [0.25, 0.3) is 10.9 Å². The van der Waals surface area contributed by atoms with Crippen molar-refractivity contribution in [1.82, 2.24) is 14.2 Å². The summed E-state index contributed by atoms with van der Waals surface area (Å²) in [5.41, 5.74) is 3.43. The highest BCUT2D eigenvalue weighted by Crippen LogP contribution is 2.26. The first-order valence-corrected chi connectivity index (χ1v) is 13.9. The number of para-hydroxylation sites is 1. The molecule has 1 aliphatic heterocycles. The van der Waals surface area contributed by atoms with Gasteiger partial charge in [-0.25, -0.2) is 8.51 Å². The number of fused-ring (bicyclic) bond motifs is 1. The fourth-order valence-electron chi connectivity index (χ4n) is 4.57. The summed E-state index contributed by atoms with van der Waals surface area (Å²) in [4.78, 5) is 18.8. The van der Waals surface area contributed by atoms with Crippen LogP contribution in [0, 0.1) is 0 Å². The number of carboxylic acids is 1. The second-order valence-electron chi connectivity index (χ2n) is 9.21. The van der Waals surface area contributed by atoms with Crippen LogP contribution in [0.1, 0.15) is 16.7 Å². The Bertz CT molecular complexity index is 1450. The minimum atomic E-state index is -1.30. The van der Waals surface area contributed by atoms with E-state index in [1.165, 1.54) is 0 Å². The van der Waals surface area contributed by atoms with E-state index >= 15 is 0 Å². The third-order valence-electron chi connectivity index (χ3n) is 6.53. The topological polar surface area (TPSA) is 83.0 Å². The molecule has 4 aromatic rings. The third kappa shape index (κ3) is 6.39. The number of hydrogen-bond donors (Lipinski definition) is 1. The van der Waals surface area contributed by atoms with E-state index in [9.17, 15) is 14.1 Å². The lowest BCUT2D eigenvalue weighted by Gasteiger charge is -2.34. The zero-order valence-electron chi connectivity index (χ0n) is 20.8. The number of nitrogens with zero attached hydrogens (tertiary/aromatic N) is 3. The highest BCUT2D eigenvalue weighted by molar-refractivity contribution is 7.83. The molecule has 1 N–H and O–H groups in total. The number of aromatic nitrogens is 1. The summed E-state index contributed by atoms with van der Waals surface area (Å²) in [7, 11) is -1.30. The Labute approximate surface area is 229 Å². The second kappa shape index (κ2) is 12.0. The van der Waals surface area contributed by atoms with Crippen LogP contribution < -0.4 is 4.74 Å². The highest BCUT2D eigenvalue weighted by Gasteiger charge is 2.24. The van der Waals surface area contributed by atoms with Crippen LogP contribution >= 0.6 is 11.6 Å². The summed E-state index contributed by atoms with van der Waals surface area (Å²) in [5, 5.41) is 10.9. The average Bonchev–Trinajstić information content (AvgIpc) is 2.93. The van der Waals surface area contributed by atoms with Gasteiger partial charge in [0, 0.05) is 54.9 Å². The number of ether oxygens (including phenoxy) is 1. The molecule has 1 atom stereocenters. The van der Waals surface area contributed by atoms with Crippen molar-refractivity contribution in [2.45, 2.75) is 24.5 Å². The van der Waals surface area contributed by atoms with Gasteiger partial charge in [0.1, 0.15) is 23.3 Å². The van der Waals surface area contributed by atoms with Gasteiger partial charge >= 0.3 is 5.97 Å². The van der Waals surface area contributed by atoms with E-state index in [4.69, 9.17) is 16.3 Å². The Morgan fingerprint density at radius 3 is 2.47 bits per heavy atom. The second-order valence-corrected chi connectivity index (χ2v) is 11.1. The van der Waals surface area contributed by atoms with Crippen molar-refractivity contribution in [1.29, 1.82) is 0 Å². The molecule has 2 heterocycles. The Morgan fingerprint density at radius 2 is 1.71 bits per heavy atom. The summed E-state index contributed by atoms with van der Waals surface area (Å²) in [6.45, 7) is 3.73. The van der Waals surface area contributed by atoms with Gasteiger partial charge in [-0.3, -0.25) is 14.7 Å². The molecule has 0 radical (unpaired) electrons. The van der Waals surface area contributed by atoms with Gasteiger partial charge in [0.2, 0.25) is 0 Å². The maximum Gasteiger partial charge on any atom is 0.307 e. The molecule has 0 spiro atoms. The number of rotatable bonds is 9. The Hall–Kier alpha value is -3.30. The molecule has 7 nitrogen and oxygen atoms in total. The lowest BCUT2D eigenvalue weighted by Crippen LogP contribution is -2.46. The molecule has 3 aromatic carbocycles. The average molecular weight is 550 g/mol. The number of carboxylic acid groups (broad SMARTS) is 1. The summed E-state index contributed by atoms with van der Waals surface area (Å²) in [6.07, 6.45) is 1.68. The van der Waals surface area contributed by atoms with E-state index in [1.54, 1.807) is 12.3 Å². The molecule has 196 valence electrons. The Kier molecular flexibility index (Phi) is 8.34. The van der Waals surface area contributed by atoms with Crippen LogP contribution in [0.3, 0.4) is 0 Å².